The Morgan fingerprint density at radius 3 is 2.80 bits per heavy atom. The zero-order chi connectivity index (χ0) is 14.1. The van der Waals surface area contributed by atoms with Crippen LogP contribution < -0.4 is 14.8 Å². The van der Waals surface area contributed by atoms with Crippen LogP contribution in [0.5, 0.6) is 11.5 Å². The molecular weight excluding hydrogens is 325 g/mol. The summed E-state index contributed by atoms with van der Waals surface area (Å²) in [5.74, 6) is 1.27. The summed E-state index contributed by atoms with van der Waals surface area (Å²) in [5.41, 5.74) is 2.43. The molecule has 2 aromatic carbocycles. The third-order valence-corrected chi connectivity index (χ3v) is 4.02. The van der Waals surface area contributed by atoms with Crippen LogP contribution in [0.4, 0.5) is 10.1 Å². The van der Waals surface area contributed by atoms with Gasteiger partial charge in [0.2, 0.25) is 6.79 Å². The molecule has 0 aliphatic carbocycles. The zero-order valence-electron chi connectivity index (χ0n) is 10.9. The van der Waals surface area contributed by atoms with Crippen LogP contribution in [0.2, 0.25) is 0 Å². The van der Waals surface area contributed by atoms with Crippen molar-refractivity contribution in [2.24, 2.45) is 0 Å². The second-order valence-electron chi connectivity index (χ2n) is 4.56. The smallest absolute Gasteiger partial charge is 0.231 e. The van der Waals surface area contributed by atoms with E-state index in [0.29, 0.717) is 12.1 Å². The van der Waals surface area contributed by atoms with E-state index >= 15 is 0 Å². The van der Waals surface area contributed by atoms with E-state index in [4.69, 9.17) is 9.47 Å². The van der Waals surface area contributed by atoms with Crippen LogP contribution >= 0.6 is 15.9 Å². The van der Waals surface area contributed by atoms with E-state index in [1.54, 1.807) is 13.0 Å². The lowest BCUT2D eigenvalue weighted by Crippen LogP contribution is -2.02. The number of nitrogens with one attached hydrogen (secondary N) is 1. The zero-order valence-corrected chi connectivity index (χ0v) is 12.5. The fourth-order valence-electron chi connectivity index (χ4n) is 2.08. The van der Waals surface area contributed by atoms with Gasteiger partial charge in [0.05, 0.1) is 0 Å². The van der Waals surface area contributed by atoms with E-state index in [-0.39, 0.29) is 12.6 Å². The lowest BCUT2D eigenvalue weighted by atomic mass is 10.1. The van der Waals surface area contributed by atoms with Crippen molar-refractivity contribution in [3.05, 3.63) is 51.7 Å². The van der Waals surface area contributed by atoms with Gasteiger partial charge in [-0.25, -0.2) is 4.39 Å². The van der Waals surface area contributed by atoms with Crippen molar-refractivity contribution in [2.45, 2.75) is 13.5 Å². The molecule has 20 heavy (non-hydrogen) atoms. The Kier molecular flexibility index (Phi) is 3.53. The lowest BCUT2D eigenvalue weighted by molar-refractivity contribution is 0.174. The number of hydrogen-bond donors (Lipinski definition) is 1. The molecule has 0 spiro atoms. The summed E-state index contributed by atoms with van der Waals surface area (Å²) in [4.78, 5) is 0. The number of fused-ring (bicyclic) bond motifs is 1. The highest BCUT2D eigenvalue weighted by Crippen LogP contribution is 2.37. The number of ether oxygens (including phenoxy) is 2. The second-order valence-corrected chi connectivity index (χ2v) is 5.42. The van der Waals surface area contributed by atoms with Gasteiger partial charge in [-0.15, -0.1) is 0 Å². The third-order valence-electron chi connectivity index (χ3n) is 3.28. The second kappa shape index (κ2) is 5.32. The molecule has 2 aromatic rings. The van der Waals surface area contributed by atoms with Gasteiger partial charge in [-0.05, 0) is 36.8 Å². The summed E-state index contributed by atoms with van der Waals surface area (Å²) < 4.78 is 25.1. The average Bonchev–Trinajstić information content (AvgIpc) is 2.87. The number of benzene rings is 2. The average molecular weight is 338 g/mol. The molecule has 0 atom stereocenters. The summed E-state index contributed by atoms with van der Waals surface area (Å²) in [6, 6.07) is 8.82. The predicted molar refractivity (Wildman–Crippen MR) is 78.7 cm³/mol. The first kappa shape index (κ1) is 13.2. The Morgan fingerprint density at radius 2 is 2.00 bits per heavy atom. The fraction of sp³-hybridized carbons (Fsp3) is 0.200. The molecule has 0 saturated carbocycles. The molecule has 1 heterocycles. The molecule has 3 nitrogen and oxygen atoms in total. The molecule has 0 saturated heterocycles. The van der Waals surface area contributed by atoms with Crippen LogP contribution in [0.1, 0.15) is 11.1 Å². The Hall–Kier alpha value is -1.75. The molecule has 5 heteroatoms. The van der Waals surface area contributed by atoms with E-state index in [1.807, 2.05) is 18.2 Å². The van der Waals surface area contributed by atoms with E-state index in [0.717, 1.165) is 27.2 Å². The molecule has 0 unspecified atom stereocenters. The van der Waals surface area contributed by atoms with Crippen molar-refractivity contribution in [3.63, 3.8) is 0 Å². The van der Waals surface area contributed by atoms with Gasteiger partial charge in [0.1, 0.15) is 5.82 Å². The van der Waals surface area contributed by atoms with E-state index in [1.165, 1.54) is 6.07 Å². The van der Waals surface area contributed by atoms with Gasteiger partial charge in [0.15, 0.2) is 11.5 Å². The SMILES string of the molecule is Cc1c(F)cccc1NCc1cc2c(cc1Br)OCO2. The maximum Gasteiger partial charge on any atom is 0.231 e. The molecule has 0 radical (unpaired) electrons. The van der Waals surface area contributed by atoms with Crippen molar-refractivity contribution < 1.29 is 13.9 Å². The first-order valence-corrected chi connectivity index (χ1v) is 7.01. The molecular formula is C15H13BrFNO2. The van der Waals surface area contributed by atoms with Gasteiger partial charge >= 0.3 is 0 Å². The van der Waals surface area contributed by atoms with E-state index < -0.39 is 0 Å². The molecule has 3 rings (SSSR count). The number of anilines is 1. The Labute approximate surface area is 124 Å². The Balaban J connectivity index is 1.80. The summed E-state index contributed by atoms with van der Waals surface area (Å²) in [7, 11) is 0. The lowest BCUT2D eigenvalue weighted by Gasteiger charge is -2.12. The molecule has 0 fully saturated rings. The summed E-state index contributed by atoms with van der Waals surface area (Å²) in [6.07, 6.45) is 0. The third kappa shape index (κ3) is 2.45. The van der Waals surface area contributed by atoms with Crippen molar-refractivity contribution in [1.29, 1.82) is 0 Å². The Bertz CT molecular complexity index is 661. The first-order chi connectivity index (χ1) is 9.65. The quantitative estimate of drug-likeness (QED) is 0.908. The maximum atomic E-state index is 13.5. The highest BCUT2D eigenvalue weighted by Gasteiger charge is 2.16. The van der Waals surface area contributed by atoms with Gasteiger partial charge in [0, 0.05) is 22.3 Å². The normalized spacial score (nSPS) is 12.6. The number of hydrogen-bond acceptors (Lipinski definition) is 3. The van der Waals surface area contributed by atoms with Crippen LogP contribution in [0.15, 0.2) is 34.8 Å². The fourth-order valence-corrected chi connectivity index (χ4v) is 2.55. The van der Waals surface area contributed by atoms with Gasteiger partial charge in [-0.3, -0.25) is 0 Å². The van der Waals surface area contributed by atoms with E-state index in [9.17, 15) is 4.39 Å². The minimum Gasteiger partial charge on any atom is -0.454 e. The van der Waals surface area contributed by atoms with Gasteiger partial charge in [0.25, 0.3) is 0 Å². The van der Waals surface area contributed by atoms with Gasteiger partial charge in [-0.1, -0.05) is 22.0 Å². The predicted octanol–water partition coefficient (Wildman–Crippen LogP) is 4.24. The van der Waals surface area contributed by atoms with Crippen LogP contribution in [0, 0.1) is 12.7 Å². The minimum absolute atomic E-state index is 0.209. The highest BCUT2D eigenvalue weighted by molar-refractivity contribution is 9.10. The largest absolute Gasteiger partial charge is 0.454 e. The van der Waals surface area contributed by atoms with Crippen molar-refractivity contribution >= 4 is 21.6 Å². The van der Waals surface area contributed by atoms with Crippen LogP contribution in [-0.4, -0.2) is 6.79 Å². The standard InChI is InChI=1S/C15H13BrFNO2/c1-9-12(17)3-2-4-13(9)18-7-10-5-14-15(6-11(10)16)20-8-19-14/h2-6,18H,7-8H2,1H3. The van der Waals surface area contributed by atoms with Gasteiger partial charge in [-0.2, -0.15) is 0 Å². The topological polar surface area (TPSA) is 30.5 Å². The van der Waals surface area contributed by atoms with Crippen LogP contribution in [0.3, 0.4) is 0 Å². The van der Waals surface area contributed by atoms with Crippen molar-refractivity contribution in [2.75, 3.05) is 12.1 Å². The minimum atomic E-state index is -0.209. The number of halogens is 2. The van der Waals surface area contributed by atoms with Crippen molar-refractivity contribution in [3.8, 4) is 11.5 Å². The first-order valence-electron chi connectivity index (χ1n) is 6.22. The summed E-state index contributed by atoms with van der Waals surface area (Å²) >= 11 is 3.51. The highest BCUT2D eigenvalue weighted by atomic mass is 79.9. The van der Waals surface area contributed by atoms with Crippen LogP contribution in [-0.2, 0) is 6.54 Å². The number of rotatable bonds is 3. The molecule has 0 amide bonds. The summed E-state index contributed by atoms with van der Waals surface area (Å²) in [5, 5.41) is 3.24. The molecule has 1 N–H and O–H groups in total. The monoisotopic (exact) mass is 337 g/mol. The molecule has 1 aliphatic heterocycles. The van der Waals surface area contributed by atoms with Crippen LogP contribution in [0.25, 0.3) is 0 Å². The summed E-state index contributed by atoms with van der Waals surface area (Å²) in [6.45, 7) is 2.58. The Morgan fingerprint density at radius 1 is 1.25 bits per heavy atom. The maximum absolute atomic E-state index is 13.5. The molecule has 1 aliphatic rings. The van der Waals surface area contributed by atoms with Gasteiger partial charge < -0.3 is 14.8 Å². The molecule has 0 bridgehead atoms. The van der Waals surface area contributed by atoms with E-state index in [2.05, 4.69) is 21.2 Å². The molecule has 0 aromatic heterocycles. The van der Waals surface area contributed by atoms with Crippen molar-refractivity contribution in [1.82, 2.24) is 0 Å². The molecule has 104 valence electrons.